The first-order chi connectivity index (χ1) is 13.8. The van der Waals surface area contributed by atoms with Gasteiger partial charge in [0, 0.05) is 24.7 Å². The van der Waals surface area contributed by atoms with Gasteiger partial charge in [0.25, 0.3) is 0 Å². The minimum absolute atomic E-state index is 0.163. The lowest BCUT2D eigenvalue weighted by Gasteiger charge is -2.30. The molecule has 154 valence electrons. The Hall–Kier alpha value is -2.42. The molecule has 1 aliphatic heterocycles. The molecule has 1 N–H and O–H groups in total. The molecular weight excluding hydrogens is 416 g/mol. The number of amides is 1. The third-order valence-electron chi connectivity index (χ3n) is 4.84. The molecule has 0 saturated carbocycles. The molecule has 0 bridgehead atoms. The van der Waals surface area contributed by atoms with E-state index in [1.54, 1.807) is 36.4 Å². The zero-order valence-corrected chi connectivity index (χ0v) is 17.4. The van der Waals surface area contributed by atoms with Gasteiger partial charge in [0.15, 0.2) is 0 Å². The van der Waals surface area contributed by atoms with E-state index >= 15 is 0 Å². The summed E-state index contributed by atoms with van der Waals surface area (Å²) in [7, 11) is -2.31. The smallest absolute Gasteiger partial charge is 0.339 e. The molecule has 2 aromatic carbocycles. The van der Waals surface area contributed by atoms with Gasteiger partial charge in [-0.05, 0) is 43.2 Å². The number of rotatable bonds is 5. The summed E-state index contributed by atoms with van der Waals surface area (Å²) in [4.78, 5) is 24.6. The number of anilines is 1. The van der Waals surface area contributed by atoms with Crippen LogP contribution in [0.5, 0.6) is 0 Å². The van der Waals surface area contributed by atoms with Crippen LogP contribution in [0.4, 0.5) is 5.69 Å². The Morgan fingerprint density at radius 3 is 2.38 bits per heavy atom. The zero-order chi connectivity index (χ0) is 21.0. The number of methoxy groups -OCH3 is 1. The highest BCUT2D eigenvalue weighted by Crippen LogP contribution is 2.26. The molecule has 1 saturated heterocycles. The number of nitrogens with one attached hydrogen (secondary N) is 1. The molecule has 1 amide bonds. The summed E-state index contributed by atoms with van der Waals surface area (Å²) in [5, 5.41) is 3.00. The second-order valence-corrected chi connectivity index (χ2v) is 9.01. The maximum absolute atomic E-state index is 12.7. The van der Waals surface area contributed by atoms with E-state index in [0.717, 1.165) is 0 Å². The molecule has 0 aromatic heterocycles. The maximum Gasteiger partial charge on any atom is 0.339 e. The predicted molar refractivity (Wildman–Crippen MR) is 109 cm³/mol. The lowest BCUT2D eigenvalue weighted by atomic mass is 9.97. The maximum atomic E-state index is 12.7. The number of nitrogens with zero attached hydrogens (tertiary/aromatic N) is 1. The summed E-state index contributed by atoms with van der Waals surface area (Å²) in [5.74, 6) is -1.14. The standard InChI is InChI=1S/C20H21ClN2O5S/c1-28-20(25)17-13-15(7-8-18(17)21)22-19(24)14-9-11-23(12-10-14)29(26,27)16-5-3-2-4-6-16/h2-8,13-14H,9-12H2,1H3,(H,22,24). The van der Waals surface area contributed by atoms with E-state index in [2.05, 4.69) is 10.1 Å². The molecule has 0 atom stereocenters. The number of halogens is 1. The second kappa shape index (κ2) is 8.94. The fourth-order valence-corrected chi connectivity index (χ4v) is 4.90. The molecule has 0 radical (unpaired) electrons. The molecule has 0 unspecified atom stereocenters. The fraction of sp³-hybridized carbons (Fsp3) is 0.300. The number of hydrogen-bond acceptors (Lipinski definition) is 5. The van der Waals surface area contributed by atoms with E-state index < -0.39 is 16.0 Å². The van der Waals surface area contributed by atoms with Gasteiger partial charge in [0.1, 0.15) is 0 Å². The Morgan fingerprint density at radius 1 is 1.10 bits per heavy atom. The van der Waals surface area contributed by atoms with Gasteiger partial charge in [0.05, 0.1) is 22.6 Å². The number of piperidine rings is 1. The summed E-state index contributed by atoms with van der Waals surface area (Å²) in [6.07, 6.45) is 0.824. The van der Waals surface area contributed by atoms with Gasteiger partial charge >= 0.3 is 5.97 Å². The van der Waals surface area contributed by atoms with Crippen LogP contribution in [0.3, 0.4) is 0 Å². The van der Waals surface area contributed by atoms with E-state index in [0.29, 0.717) is 18.5 Å². The van der Waals surface area contributed by atoms with Gasteiger partial charge in [0.2, 0.25) is 15.9 Å². The number of sulfonamides is 1. The van der Waals surface area contributed by atoms with Gasteiger partial charge in [-0.25, -0.2) is 13.2 Å². The van der Waals surface area contributed by atoms with Crippen molar-refractivity contribution < 1.29 is 22.7 Å². The largest absolute Gasteiger partial charge is 0.465 e. The first kappa shape index (κ1) is 21.3. The molecule has 1 heterocycles. The normalized spacial score (nSPS) is 15.7. The summed E-state index contributed by atoms with van der Waals surface area (Å²) in [6, 6.07) is 12.8. The molecule has 7 nitrogen and oxygen atoms in total. The fourth-order valence-electron chi connectivity index (χ4n) is 3.21. The van der Waals surface area contributed by atoms with Gasteiger partial charge in [-0.15, -0.1) is 0 Å². The molecule has 1 aliphatic rings. The first-order valence-electron chi connectivity index (χ1n) is 9.07. The Labute approximate surface area is 174 Å². The van der Waals surface area contributed by atoms with Crippen molar-refractivity contribution in [2.75, 3.05) is 25.5 Å². The third-order valence-corrected chi connectivity index (χ3v) is 7.09. The van der Waals surface area contributed by atoms with Crippen molar-refractivity contribution in [2.24, 2.45) is 5.92 Å². The van der Waals surface area contributed by atoms with Crippen LogP contribution in [0.25, 0.3) is 0 Å². The highest BCUT2D eigenvalue weighted by atomic mass is 35.5. The van der Waals surface area contributed by atoms with Gasteiger partial charge in [-0.3, -0.25) is 4.79 Å². The first-order valence-corrected chi connectivity index (χ1v) is 10.9. The summed E-state index contributed by atoms with van der Waals surface area (Å²) >= 11 is 5.99. The number of carbonyl (C=O) groups excluding carboxylic acids is 2. The van der Waals surface area contributed by atoms with Gasteiger partial charge < -0.3 is 10.1 Å². The molecular formula is C20H21ClN2O5S. The monoisotopic (exact) mass is 436 g/mol. The van der Waals surface area contributed by atoms with Crippen molar-refractivity contribution >= 4 is 39.2 Å². The Balaban J connectivity index is 1.63. The van der Waals surface area contributed by atoms with E-state index in [4.69, 9.17) is 11.6 Å². The topological polar surface area (TPSA) is 92.8 Å². The summed E-state index contributed by atoms with van der Waals surface area (Å²) < 4.78 is 31.5. The molecule has 2 aromatic rings. The third kappa shape index (κ3) is 4.77. The van der Waals surface area contributed by atoms with Crippen LogP contribution >= 0.6 is 11.6 Å². The zero-order valence-electron chi connectivity index (χ0n) is 15.8. The van der Waals surface area contributed by atoms with Crippen LogP contribution in [0, 0.1) is 5.92 Å². The van der Waals surface area contributed by atoms with E-state index in [-0.39, 0.29) is 40.4 Å². The van der Waals surface area contributed by atoms with Crippen LogP contribution in [-0.4, -0.2) is 44.8 Å². The molecule has 1 fully saturated rings. The Morgan fingerprint density at radius 2 is 1.76 bits per heavy atom. The van der Waals surface area contributed by atoms with Crippen molar-refractivity contribution in [3.8, 4) is 0 Å². The molecule has 3 rings (SSSR count). The van der Waals surface area contributed by atoms with Crippen LogP contribution < -0.4 is 5.32 Å². The highest BCUT2D eigenvalue weighted by Gasteiger charge is 2.32. The number of esters is 1. The minimum Gasteiger partial charge on any atom is -0.465 e. The van der Waals surface area contributed by atoms with Crippen molar-refractivity contribution in [3.63, 3.8) is 0 Å². The van der Waals surface area contributed by atoms with Crippen molar-refractivity contribution in [3.05, 3.63) is 59.1 Å². The van der Waals surface area contributed by atoms with Crippen LogP contribution in [0.15, 0.2) is 53.4 Å². The summed E-state index contributed by atoms with van der Waals surface area (Å²) in [6.45, 7) is 0.534. The molecule has 0 aliphatic carbocycles. The quantitative estimate of drug-likeness (QED) is 0.726. The minimum atomic E-state index is -3.56. The van der Waals surface area contributed by atoms with Gasteiger partial charge in [-0.2, -0.15) is 4.31 Å². The number of carbonyl (C=O) groups is 2. The predicted octanol–water partition coefficient (Wildman–Crippen LogP) is 3.17. The van der Waals surface area contributed by atoms with Crippen molar-refractivity contribution in [1.82, 2.24) is 4.31 Å². The van der Waals surface area contributed by atoms with Crippen LogP contribution in [-0.2, 0) is 19.6 Å². The van der Waals surface area contributed by atoms with Crippen molar-refractivity contribution in [1.29, 1.82) is 0 Å². The lowest BCUT2D eigenvalue weighted by molar-refractivity contribution is -0.120. The second-order valence-electron chi connectivity index (χ2n) is 6.67. The molecule has 9 heteroatoms. The lowest BCUT2D eigenvalue weighted by Crippen LogP contribution is -2.41. The average molecular weight is 437 g/mol. The number of ether oxygens (including phenoxy) is 1. The number of hydrogen-bond donors (Lipinski definition) is 1. The van der Waals surface area contributed by atoms with E-state index in [1.165, 1.54) is 23.5 Å². The van der Waals surface area contributed by atoms with Crippen molar-refractivity contribution in [2.45, 2.75) is 17.7 Å². The van der Waals surface area contributed by atoms with E-state index in [9.17, 15) is 18.0 Å². The Kier molecular flexibility index (Phi) is 6.56. The SMILES string of the molecule is COC(=O)c1cc(NC(=O)C2CCN(S(=O)(=O)c3ccccc3)CC2)ccc1Cl. The summed E-state index contributed by atoms with van der Waals surface area (Å²) in [5.41, 5.74) is 0.592. The van der Waals surface area contributed by atoms with E-state index in [1.807, 2.05) is 0 Å². The number of benzene rings is 2. The molecule has 0 spiro atoms. The van der Waals surface area contributed by atoms with Gasteiger partial charge in [-0.1, -0.05) is 29.8 Å². The molecule has 29 heavy (non-hydrogen) atoms. The van der Waals surface area contributed by atoms with Crippen LogP contribution in [0.2, 0.25) is 5.02 Å². The Bertz CT molecular complexity index is 1000. The van der Waals surface area contributed by atoms with Crippen LogP contribution in [0.1, 0.15) is 23.2 Å². The highest BCUT2D eigenvalue weighted by molar-refractivity contribution is 7.89. The average Bonchev–Trinajstić information content (AvgIpc) is 2.75.